The second-order valence-electron chi connectivity index (χ2n) is 10.4. The van der Waals surface area contributed by atoms with Gasteiger partial charge in [-0.1, -0.05) is 30.3 Å². The van der Waals surface area contributed by atoms with Crippen LogP contribution >= 0.6 is 0 Å². The third-order valence-corrected chi connectivity index (χ3v) is 7.62. The summed E-state index contributed by atoms with van der Waals surface area (Å²) >= 11 is 0. The number of nitrogens with one attached hydrogen (secondary N) is 2. The van der Waals surface area contributed by atoms with E-state index in [1.807, 2.05) is 30.5 Å². The molecule has 0 saturated carbocycles. The van der Waals surface area contributed by atoms with Crippen LogP contribution in [0.15, 0.2) is 65.4 Å². The van der Waals surface area contributed by atoms with Crippen molar-refractivity contribution in [1.82, 2.24) is 20.2 Å². The van der Waals surface area contributed by atoms with Gasteiger partial charge in [0.15, 0.2) is 0 Å². The fraction of sp³-hybridized carbons (Fsp3) is 0.355. The highest BCUT2D eigenvalue weighted by Gasteiger charge is 2.25. The SMILES string of the molecule is CN=C(Cc1ccccc1)C1=C(N)CCc2cnc(Nc3ccc(C(=O)NC4CCN(C)CC4)cc3OC)nc21. The Morgan fingerprint density at radius 3 is 2.65 bits per heavy atom. The maximum absolute atomic E-state index is 12.9. The monoisotopic (exact) mass is 539 g/mol. The Bertz CT molecular complexity index is 1430. The van der Waals surface area contributed by atoms with Crippen molar-refractivity contribution in [2.24, 2.45) is 10.7 Å². The lowest BCUT2D eigenvalue weighted by atomic mass is 9.88. The third kappa shape index (κ3) is 6.15. The minimum absolute atomic E-state index is 0.0977. The van der Waals surface area contributed by atoms with Crippen LogP contribution in [0.1, 0.15) is 46.4 Å². The lowest BCUT2D eigenvalue weighted by molar-refractivity contribution is 0.0916. The first-order chi connectivity index (χ1) is 19.4. The Hall–Kier alpha value is -4.24. The van der Waals surface area contributed by atoms with Crippen molar-refractivity contribution < 1.29 is 9.53 Å². The second kappa shape index (κ2) is 12.3. The van der Waals surface area contributed by atoms with E-state index >= 15 is 0 Å². The summed E-state index contributed by atoms with van der Waals surface area (Å²) in [6, 6.07) is 15.8. The van der Waals surface area contributed by atoms with Gasteiger partial charge in [0.05, 0.1) is 18.5 Å². The van der Waals surface area contributed by atoms with Crippen LogP contribution in [0.2, 0.25) is 0 Å². The van der Waals surface area contributed by atoms with Crippen LogP contribution in [0.4, 0.5) is 11.6 Å². The van der Waals surface area contributed by atoms with Gasteiger partial charge in [-0.15, -0.1) is 0 Å². The van der Waals surface area contributed by atoms with Crippen LogP contribution in [0.3, 0.4) is 0 Å². The number of nitrogens with zero attached hydrogens (tertiary/aromatic N) is 4. The number of nitrogens with two attached hydrogens (primary N) is 1. The van der Waals surface area contributed by atoms with E-state index in [0.29, 0.717) is 29.4 Å². The van der Waals surface area contributed by atoms with Crippen molar-refractivity contribution in [2.45, 2.75) is 38.1 Å². The zero-order valence-corrected chi connectivity index (χ0v) is 23.4. The molecule has 2 aliphatic rings. The number of aromatic nitrogens is 2. The molecular formula is C31H37N7O2. The number of amides is 1. The molecule has 5 rings (SSSR count). The van der Waals surface area contributed by atoms with E-state index in [-0.39, 0.29) is 11.9 Å². The summed E-state index contributed by atoms with van der Waals surface area (Å²) in [5.41, 5.74) is 13.3. The van der Waals surface area contributed by atoms with Crippen LogP contribution in [-0.2, 0) is 12.8 Å². The van der Waals surface area contributed by atoms with Gasteiger partial charge in [-0.3, -0.25) is 9.79 Å². The number of likely N-dealkylation sites (tertiary alicyclic amines) is 1. The average molecular weight is 540 g/mol. The van der Waals surface area contributed by atoms with Crippen LogP contribution in [0.25, 0.3) is 5.57 Å². The first-order valence-corrected chi connectivity index (χ1v) is 13.7. The molecule has 0 bridgehead atoms. The molecule has 9 nitrogen and oxygen atoms in total. The van der Waals surface area contributed by atoms with Gasteiger partial charge in [0.2, 0.25) is 5.95 Å². The minimum atomic E-state index is -0.0977. The molecule has 1 aliphatic carbocycles. The molecule has 2 aromatic carbocycles. The Morgan fingerprint density at radius 2 is 1.93 bits per heavy atom. The first kappa shape index (κ1) is 27.3. The number of carbonyl (C=O) groups excluding carboxylic acids is 1. The minimum Gasteiger partial charge on any atom is -0.495 e. The molecule has 1 fully saturated rings. The number of rotatable bonds is 8. The highest BCUT2D eigenvalue weighted by molar-refractivity contribution is 6.25. The molecule has 1 aromatic heterocycles. The predicted molar refractivity (Wildman–Crippen MR) is 159 cm³/mol. The quantitative estimate of drug-likeness (QED) is 0.371. The standard InChI is InChI=1S/C31H37N7O2/c1-33-26(17-20-7-5-4-6-8-20)28-24(32)11-9-22-19-34-31(37-29(22)28)36-25-12-10-21(18-27(25)40-3)30(39)35-23-13-15-38(2)16-14-23/h4-8,10,12,18-19,23H,9,11,13-17,32H2,1-3H3,(H,35,39)(H,34,36,37). The predicted octanol–water partition coefficient (Wildman–Crippen LogP) is 3.98. The van der Waals surface area contributed by atoms with E-state index in [4.69, 9.17) is 15.5 Å². The van der Waals surface area contributed by atoms with E-state index < -0.39 is 0 Å². The van der Waals surface area contributed by atoms with Gasteiger partial charge in [0, 0.05) is 48.3 Å². The number of methoxy groups -OCH3 is 1. The Labute approximate surface area is 235 Å². The zero-order valence-electron chi connectivity index (χ0n) is 23.4. The van der Waals surface area contributed by atoms with Crippen molar-refractivity contribution >= 4 is 28.8 Å². The van der Waals surface area contributed by atoms with E-state index in [1.165, 1.54) is 0 Å². The lowest BCUT2D eigenvalue weighted by Crippen LogP contribution is -2.43. The summed E-state index contributed by atoms with van der Waals surface area (Å²) in [7, 11) is 5.48. The van der Waals surface area contributed by atoms with Gasteiger partial charge in [-0.25, -0.2) is 9.97 Å². The van der Waals surface area contributed by atoms with Crippen molar-refractivity contribution in [1.29, 1.82) is 0 Å². The highest BCUT2D eigenvalue weighted by Crippen LogP contribution is 2.32. The van der Waals surface area contributed by atoms with Gasteiger partial charge in [0.25, 0.3) is 5.91 Å². The molecular weight excluding hydrogens is 502 g/mol. The molecule has 3 aromatic rings. The van der Waals surface area contributed by atoms with E-state index in [1.54, 1.807) is 26.3 Å². The molecule has 1 saturated heterocycles. The number of hydrogen-bond acceptors (Lipinski definition) is 8. The van der Waals surface area contributed by atoms with E-state index in [0.717, 1.165) is 72.6 Å². The lowest BCUT2D eigenvalue weighted by Gasteiger charge is -2.29. The van der Waals surface area contributed by atoms with Crippen molar-refractivity contribution in [3.8, 4) is 5.75 Å². The molecule has 9 heteroatoms. The summed E-state index contributed by atoms with van der Waals surface area (Å²) in [4.78, 5) is 29.3. The third-order valence-electron chi connectivity index (χ3n) is 7.62. The van der Waals surface area contributed by atoms with Crippen LogP contribution in [-0.4, -0.2) is 66.8 Å². The molecule has 0 radical (unpaired) electrons. The molecule has 0 spiro atoms. The van der Waals surface area contributed by atoms with E-state index in [2.05, 4.69) is 44.7 Å². The van der Waals surface area contributed by atoms with Gasteiger partial charge in [-0.05, 0) is 75.1 Å². The van der Waals surface area contributed by atoms with Crippen molar-refractivity contribution in [3.63, 3.8) is 0 Å². The number of fused-ring (bicyclic) bond motifs is 1. The normalized spacial score (nSPS) is 16.4. The zero-order chi connectivity index (χ0) is 28.1. The number of anilines is 2. The smallest absolute Gasteiger partial charge is 0.251 e. The number of carbonyl (C=O) groups is 1. The molecule has 208 valence electrons. The number of piperidine rings is 1. The Morgan fingerprint density at radius 1 is 1.15 bits per heavy atom. The molecule has 2 heterocycles. The highest BCUT2D eigenvalue weighted by atomic mass is 16.5. The maximum atomic E-state index is 12.9. The Balaban J connectivity index is 1.36. The second-order valence-corrected chi connectivity index (χ2v) is 10.4. The molecule has 1 aliphatic heterocycles. The van der Waals surface area contributed by atoms with Gasteiger partial charge < -0.3 is 26.0 Å². The summed E-state index contributed by atoms with van der Waals surface area (Å²) in [5.74, 6) is 0.856. The molecule has 0 atom stereocenters. The van der Waals surface area contributed by atoms with Crippen molar-refractivity contribution in [2.75, 3.05) is 39.6 Å². The topological polar surface area (TPSA) is 118 Å². The van der Waals surface area contributed by atoms with Crippen molar-refractivity contribution in [3.05, 3.63) is 82.8 Å². The number of hydrogen-bond donors (Lipinski definition) is 3. The first-order valence-electron chi connectivity index (χ1n) is 13.7. The van der Waals surface area contributed by atoms with Crippen LogP contribution in [0, 0.1) is 0 Å². The molecule has 40 heavy (non-hydrogen) atoms. The molecule has 4 N–H and O–H groups in total. The van der Waals surface area contributed by atoms with Crippen LogP contribution < -0.4 is 21.1 Å². The Kier molecular flexibility index (Phi) is 8.40. The largest absolute Gasteiger partial charge is 0.495 e. The molecule has 1 amide bonds. The summed E-state index contributed by atoms with van der Waals surface area (Å²) < 4.78 is 5.63. The summed E-state index contributed by atoms with van der Waals surface area (Å²) in [6.07, 6.45) is 5.92. The van der Waals surface area contributed by atoms with Crippen LogP contribution in [0.5, 0.6) is 5.75 Å². The number of aryl methyl sites for hydroxylation is 1. The van der Waals surface area contributed by atoms with Gasteiger partial charge >= 0.3 is 0 Å². The number of allylic oxidation sites excluding steroid dienone is 2. The average Bonchev–Trinajstić information content (AvgIpc) is 2.98. The van der Waals surface area contributed by atoms with Gasteiger partial charge in [0.1, 0.15) is 5.75 Å². The maximum Gasteiger partial charge on any atom is 0.251 e. The number of aliphatic imine (C=N–C) groups is 1. The summed E-state index contributed by atoms with van der Waals surface area (Å²) in [6.45, 7) is 1.97. The van der Waals surface area contributed by atoms with Gasteiger partial charge in [-0.2, -0.15) is 0 Å². The number of ether oxygens (including phenoxy) is 1. The van der Waals surface area contributed by atoms with E-state index in [9.17, 15) is 4.79 Å². The fourth-order valence-electron chi connectivity index (χ4n) is 5.28. The summed E-state index contributed by atoms with van der Waals surface area (Å²) in [5, 5.41) is 6.44. The number of benzene rings is 2. The fourth-order valence-corrected chi connectivity index (χ4v) is 5.28. The molecule has 0 unspecified atom stereocenters.